The molecule has 1 aromatic carbocycles. The molecule has 21 heavy (non-hydrogen) atoms. The van der Waals surface area contributed by atoms with Gasteiger partial charge in [0.25, 0.3) is 0 Å². The number of nitrogens with one attached hydrogen (secondary N) is 1. The van der Waals surface area contributed by atoms with Crippen molar-refractivity contribution in [1.29, 1.82) is 0 Å². The van der Waals surface area contributed by atoms with Gasteiger partial charge in [0.2, 0.25) is 5.91 Å². The highest BCUT2D eigenvalue weighted by Gasteiger charge is 2.21. The molecule has 5 nitrogen and oxygen atoms in total. The fourth-order valence-corrected chi connectivity index (χ4v) is 3.95. The van der Waals surface area contributed by atoms with E-state index >= 15 is 0 Å². The Balaban J connectivity index is 2.08. The Hall–Kier alpha value is -1.47. The number of hydrogen-bond acceptors (Lipinski definition) is 5. The summed E-state index contributed by atoms with van der Waals surface area (Å²) in [6.07, 6.45) is 0. The topological polar surface area (TPSA) is 85.1 Å². The predicted molar refractivity (Wildman–Crippen MR) is 90.0 cm³/mol. The number of aromatic nitrogens is 1. The highest BCUT2D eigenvalue weighted by atomic mass is 32.2. The number of thiazole rings is 1. The fraction of sp³-hybridized carbons (Fsp3) is 0.429. The Morgan fingerprint density at radius 1 is 1.43 bits per heavy atom. The summed E-state index contributed by atoms with van der Waals surface area (Å²) in [5.41, 5.74) is 7.17. The van der Waals surface area contributed by atoms with Crippen molar-refractivity contribution < 1.29 is 9.00 Å². The fourth-order valence-electron chi connectivity index (χ4n) is 1.79. The van der Waals surface area contributed by atoms with E-state index in [2.05, 4.69) is 10.3 Å². The van der Waals surface area contributed by atoms with Gasteiger partial charge in [0.1, 0.15) is 5.25 Å². The molecule has 1 amide bonds. The van der Waals surface area contributed by atoms with Gasteiger partial charge in [-0.1, -0.05) is 25.2 Å². The molecule has 0 saturated heterocycles. The molecular formula is C14H19N3O2S2. The number of nitrogens with two attached hydrogens (primary N) is 1. The van der Waals surface area contributed by atoms with Crippen molar-refractivity contribution in [3.63, 3.8) is 0 Å². The minimum absolute atomic E-state index is 0.263. The molecule has 0 spiro atoms. The molecule has 2 rings (SSSR count). The molecule has 0 fully saturated rings. The third kappa shape index (κ3) is 4.01. The van der Waals surface area contributed by atoms with Crippen LogP contribution in [0.2, 0.25) is 0 Å². The molecule has 7 heteroatoms. The normalized spacial score (nSPS) is 14.3. The number of nitrogen functional groups attached to an aromatic ring is 1. The standard InChI is InChI=1S/C14H19N3O2S2/c1-8(2)7-21(19)9(3)13(18)17-14-16-11-5-4-10(15)6-12(11)20-14/h4-6,8-9H,7,15H2,1-3H3,(H,16,17,18). The minimum Gasteiger partial charge on any atom is -0.399 e. The van der Waals surface area contributed by atoms with Gasteiger partial charge in [0.15, 0.2) is 5.13 Å². The summed E-state index contributed by atoms with van der Waals surface area (Å²) in [5.74, 6) is 0.554. The lowest BCUT2D eigenvalue weighted by Crippen LogP contribution is -2.31. The summed E-state index contributed by atoms with van der Waals surface area (Å²) in [6.45, 7) is 5.65. The van der Waals surface area contributed by atoms with Crippen molar-refractivity contribution in [2.75, 3.05) is 16.8 Å². The summed E-state index contributed by atoms with van der Waals surface area (Å²) in [5, 5.41) is 2.70. The summed E-state index contributed by atoms with van der Waals surface area (Å²) >= 11 is 1.36. The van der Waals surface area contributed by atoms with Crippen LogP contribution in [0.3, 0.4) is 0 Å². The van der Waals surface area contributed by atoms with E-state index in [-0.39, 0.29) is 5.91 Å². The first-order valence-electron chi connectivity index (χ1n) is 6.71. The van der Waals surface area contributed by atoms with E-state index in [1.807, 2.05) is 26.0 Å². The monoisotopic (exact) mass is 325 g/mol. The SMILES string of the molecule is CC(C)CS(=O)C(C)C(=O)Nc1nc2ccc(N)cc2s1. The molecule has 114 valence electrons. The van der Waals surface area contributed by atoms with Gasteiger partial charge in [-0.2, -0.15) is 0 Å². The van der Waals surface area contributed by atoms with Gasteiger partial charge in [-0.15, -0.1) is 0 Å². The first kappa shape index (κ1) is 15.9. The van der Waals surface area contributed by atoms with Crippen LogP contribution >= 0.6 is 11.3 Å². The van der Waals surface area contributed by atoms with E-state index in [0.29, 0.717) is 22.5 Å². The molecule has 0 saturated carbocycles. The largest absolute Gasteiger partial charge is 0.399 e. The summed E-state index contributed by atoms with van der Waals surface area (Å²) in [4.78, 5) is 16.4. The smallest absolute Gasteiger partial charge is 0.241 e. The number of anilines is 2. The molecule has 2 atom stereocenters. The lowest BCUT2D eigenvalue weighted by molar-refractivity contribution is -0.115. The number of fused-ring (bicyclic) bond motifs is 1. The van der Waals surface area contributed by atoms with Gasteiger partial charge in [0, 0.05) is 22.2 Å². The second kappa shape index (κ2) is 6.53. The molecular weight excluding hydrogens is 306 g/mol. The van der Waals surface area contributed by atoms with Crippen molar-refractivity contribution >= 4 is 49.1 Å². The predicted octanol–water partition coefficient (Wildman–Crippen LogP) is 2.61. The molecule has 3 N–H and O–H groups in total. The lowest BCUT2D eigenvalue weighted by atomic mass is 10.3. The molecule has 2 unspecified atom stereocenters. The molecule has 1 heterocycles. The van der Waals surface area contributed by atoms with Crippen LogP contribution in [-0.2, 0) is 15.6 Å². The number of rotatable bonds is 5. The maximum Gasteiger partial charge on any atom is 0.241 e. The lowest BCUT2D eigenvalue weighted by Gasteiger charge is -2.12. The van der Waals surface area contributed by atoms with Crippen LogP contribution in [0.25, 0.3) is 10.2 Å². The van der Waals surface area contributed by atoms with E-state index in [1.54, 1.807) is 13.0 Å². The van der Waals surface area contributed by atoms with E-state index < -0.39 is 16.0 Å². The highest BCUT2D eigenvalue weighted by molar-refractivity contribution is 7.86. The Morgan fingerprint density at radius 2 is 2.14 bits per heavy atom. The Labute approximate surface area is 130 Å². The summed E-state index contributed by atoms with van der Waals surface area (Å²) in [7, 11) is -1.18. The molecule has 0 aliphatic rings. The number of hydrogen-bond donors (Lipinski definition) is 2. The van der Waals surface area contributed by atoms with Gasteiger partial charge >= 0.3 is 0 Å². The second-order valence-electron chi connectivity index (χ2n) is 5.32. The van der Waals surface area contributed by atoms with Crippen molar-refractivity contribution in [3.05, 3.63) is 18.2 Å². The van der Waals surface area contributed by atoms with Crippen LogP contribution in [0.5, 0.6) is 0 Å². The number of carbonyl (C=O) groups excluding carboxylic acids is 1. The number of nitrogens with zero attached hydrogens (tertiary/aromatic N) is 1. The average Bonchev–Trinajstić information content (AvgIpc) is 2.78. The third-order valence-electron chi connectivity index (χ3n) is 2.90. The van der Waals surface area contributed by atoms with Gasteiger partial charge in [-0.3, -0.25) is 9.00 Å². The van der Waals surface area contributed by atoms with E-state index in [9.17, 15) is 9.00 Å². The summed E-state index contributed by atoms with van der Waals surface area (Å²) in [6, 6.07) is 5.41. The molecule has 2 aromatic rings. The van der Waals surface area contributed by atoms with Gasteiger partial charge < -0.3 is 11.1 Å². The zero-order valence-electron chi connectivity index (χ0n) is 12.3. The molecule has 1 aromatic heterocycles. The van der Waals surface area contributed by atoms with E-state index in [4.69, 9.17) is 5.73 Å². The zero-order chi connectivity index (χ0) is 15.6. The Kier molecular flexibility index (Phi) is 4.95. The first-order chi connectivity index (χ1) is 9.86. The van der Waals surface area contributed by atoms with Crippen molar-refractivity contribution in [3.8, 4) is 0 Å². The average molecular weight is 325 g/mol. The number of carbonyl (C=O) groups is 1. The van der Waals surface area contributed by atoms with Gasteiger partial charge in [-0.05, 0) is 31.0 Å². The quantitative estimate of drug-likeness (QED) is 0.828. The Bertz CT molecular complexity index is 682. The van der Waals surface area contributed by atoms with Crippen LogP contribution in [0.4, 0.5) is 10.8 Å². The van der Waals surface area contributed by atoms with Gasteiger partial charge in [-0.25, -0.2) is 4.98 Å². The molecule has 0 aliphatic carbocycles. The third-order valence-corrected chi connectivity index (χ3v) is 5.84. The minimum atomic E-state index is -1.18. The summed E-state index contributed by atoms with van der Waals surface area (Å²) < 4.78 is 12.9. The van der Waals surface area contributed by atoms with Crippen LogP contribution in [-0.4, -0.2) is 26.1 Å². The molecule has 0 aliphatic heterocycles. The highest BCUT2D eigenvalue weighted by Crippen LogP contribution is 2.27. The molecule has 0 bridgehead atoms. The van der Waals surface area contributed by atoms with Crippen molar-refractivity contribution in [2.45, 2.75) is 26.0 Å². The van der Waals surface area contributed by atoms with Crippen molar-refractivity contribution in [2.24, 2.45) is 5.92 Å². The number of amides is 1. The van der Waals surface area contributed by atoms with E-state index in [1.165, 1.54) is 11.3 Å². The molecule has 0 radical (unpaired) electrons. The van der Waals surface area contributed by atoms with Crippen LogP contribution in [0.15, 0.2) is 18.2 Å². The first-order valence-corrected chi connectivity index (χ1v) is 8.90. The Morgan fingerprint density at radius 3 is 2.81 bits per heavy atom. The van der Waals surface area contributed by atoms with Crippen LogP contribution in [0.1, 0.15) is 20.8 Å². The van der Waals surface area contributed by atoms with Crippen LogP contribution in [0, 0.1) is 5.92 Å². The zero-order valence-corrected chi connectivity index (χ0v) is 13.9. The number of benzene rings is 1. The maximum absolute atomic E-state index is 12.1. The van der Waals surface area contributed by atoms with Gasteiger partial charge in [0.05, 0.1) is 10.2 Å². The van der Waals surface area contributed by atoms with E-state index in [0.717, 1.165) is 10.2 Å². The maximum atomic E-state index is 12.1. The second-order valence-corrected chi connectivity index (χ2v) is 8.15. The van der Waals surface area contributed by atoms with Crippen molar-refractivity contribution in [1.82, 2.24) is 4.98 Å². The van der Waals surface area contributed by atoms with Crippen LogP contribution < -0.4 is 11.1 Å².